The molecule has 0 spiro atoms. The van der Waals surface area contributed by atoms with Crippen LogP contribution in [0.3, 0.4) is 0 Å². The van der Waals surface area contributed by atoms with Crippen molar-refractivity contribution in [3.05, 3.63) is 71.8 Å². The van der Waals surface area contributed by atoms with E-state index < -0.39 is 38.9 Å². The van der Waals surface area contributed by atoms with Crippen molar-refractivity contribution in [3.63, 3.8) is 0 Å². The van der Waals surface area contributed by atoms with E-state index in [0.29, 0.717) is 0 Å². The van der Waals surface area contributed by atoms with E-state index >= 15 is 0 Å². The van der Waals surface area contributed by atoms with Crippen molar-refractivity contribution in [2.45, 2.75) is 11.1 Å². The Morgan fingerprint density at radius 2 is 1.94 bits per heavy atom. The molecule has 0 saturated carbocycles. The zero-order chi connectivity index (χ0) is 26.5. The van der Waals surface area contributed by atoms with Crippen LogP contribution in [-0.2, 0) is 25.5 Å². The Balaban J connectivity index is 2.12. The number of sulfone groups is 1. The van der Waals surface area contributed by atoms with Gasteiger partial charge in [0, 0.05) is 11.8 Å². The van der Waals surface area contributed by atoms with Gasteiger partial charge >= 0.3 is 12.1 Å². The maximum Gasteiger partial charge on any atom is 0.418 e. The molecule has 0 aliphatic carbocycles. The average Bonchev–Trinajstić information content (AvgIpc) is 3.31. The Hall–Kier alpha value is -3.65. The zero-order valence-electron chi connectivity index (χ0n) is 18.8. The fourth-order valence-electron chi connectivity index (χ4n) is 2.80. The summed E-state index contributed by atoms with van der Waals surface area (Å²) in [5, 5.41) is 3.77. The predicted octanol–water partition coefficient (Wildman–Crippen LogP) is 3.99. The van der Waals surface area contributed by atoms with Crippen LogP contribution in [0.5, 0.6) is 0 Å². The number of benzene rings is 2. The number of nitrogens with two attached hydrogens (primary N) is 1. The molecule has 3 rings (SSSR count). The van der Waals surface area contributed by atoms with Gasteiger partial charge in [0.1, 0.15) is 17.3 Å². The van der Waals surface area contributed by atoms with Crippen LogP contribution < -0.4 is 5.73 Å². The highest BCUT2D eigenvalue weighted by Gasteiger charge is 2.33. The topological polar surface area (TPSA) is 138 Å². The molecule has 0 bridgehead atoms. The van der Waals surface area contributed by atoms with Gasteiger partial charge in [0.2, 0.25) is 5.82 Å². The number of alkyl halides is 3. The van der Waals surface area contributed by atoms with Crippen LogP contribution in [0.1, 0.15) is 11.5 Å². The first-order chi connectivity index (χ1) is 16.9. The first-order valence-electron chi connectivity index (χ1n) is 9.93. The van der Waals surface area contributed by atoms with Crippen molar-refractivity contribution in [3.8, 4) is 11.4 Å². The van der Waals surface area contributed by atoms with Crippen LogP contribution in [0.2, 0.25) is 0 Å². The monoisotopic (exact) mass is 540 g/mol. The fourth-order valence-corrected chi connectivity index (χ4v) is 3.69. The summed E-state index contributed by atoms with van der Waals surface area (Å²) in [5.41, 5.74) is 3.70. The van der Waals surface area contributed by atoms with Gasteiger partial charge in [-0.15, -0.1) is 11.8 Å². The van der Waals surface area contributed by atoms with Gasteiger partial charge in [-0.25, -0.2) is 18.2 Å². The average molecular weight is 541 g/mol. The maximum absolute atomic E-state index is 13.5. The molecule has 0 saturated heterocycles. The number of carbonyl (C=O) groups is 1. The van der Waals surface area contributed by atoms with Crippen molar-refractivity contribution in [1.82, 2.24) is 10.1 Å². The second-order valence-corrected chi connectivity index (χ2v) is 10.0. The molecule has 14 heteroatoms. The van der Waals surface area contributed by atoms with Crippen LogP contribution in [0, 0.1) is 0 Å². The minimum atomic E-state index is -4.72. The van der Waals surface area contributed by atoms with Crippen molar-refractivity contribution >= 4 is 39.0 Å². The first kappa shape index (κ1) is 26.9. The summed E-state index contributed by atoms with van der Waals surface area (Å²) in [4.78, 5) is 20.2. The fraction of sp³-hybridized carbons (Fsp3) is 0.182. The first-order valence-corrected chi connectivity index (χ1v) is 13.2. The summed E-state index contributed by atoms with van der Waals surface area (Å²) >= 11 is 1.21. The van der Waals surface area contributed by atoms with Crippen LogP contribution in [0.25, 0.3) is 11.4 Å². The summed E-state index contributed by atoms with van der Waals surface area (Å²) in [5.74, 6) is -1.36. The number of ether oxygens (including phenoxy) is 1. The lowest BCUT2D eigenvalue weighted by molar-refractivity contribution is -0.137. The molecule has 3 aromatic rings. The summed E-state index contributed by atoms with van der Waals surface area (Å²) in [6.45, 7) is 0. The molecule has 0 aliphatic heterocycles. The highest BCUT2D eigenvalue weighted by atomic mass is 32.2. The van der Waals surface area contributed by atoms with Crippen molar-refractivity contribution in [2.24, 2.45) is 10.7 Å². The van der Waals surface area contributed by atoms with E-state index in [-0.39, 0.29) is 33.8 Å². The molecule has 2 aromatic carbocycles. The van der Waals surface area contributed by atoms with Gasteiger partial charge in [-0.1, -0.05) is 29.4 Å². The minimum absolute atomic E-state index is 0.0000230. The van der Waals surface area contributed by atoms with E-state index in [2.05, 4.69) is 15.1 Å². The third kappa shape index (κ3) is 6.73. The summed E-state index contributed by atoms with van der Waals surface area (Å²) in [6, 6.07) is 10.2. The van der Waals surface area contributed by atoms with Gasteiger partial charge in [-0.05, 0) is 36.6 Å². The Morgan fingerprint density at radius 1 is 1.22 bits per heavy atom. The molecule has 0 amide bonds. The highest BCUT2D eigenvalue weighted by molar-refractivity contribution is 7.98. The molecule has 0 unspecified atom stereocenters. The van der Waals surface area contributed by atoms with E-state index in [1.807, 2.05) is 0 Å². The van der Waals surface area contributed by atoms with Gasteiger partial charge in [0.25, 0.3) is 5.89 Å². The van der Waals surface area contributed by atoms with Crippen molar-refractivity contribution < 1.29 is 35.6 Å². The third-order valence-corrected chi connectivity index (χ3v) is 5.92. The molecule has 190 valence electrons. The number of halogens is 3. The Labute approximate surface area is 208 Å². The SMILES string of the molecule is CSCOC(=O)C(N)=CC(=Nc1ccccc1C(F)(F)F)c1nc(-c2cccc(S(C)(=O)=O)c2)no1. The predicted molar refractivity (Wildman–Crippen MR) is 127 cm³/mol. The number of nitrogens with zero attached hydrogens (tertiary/aromatic N) is 3. The van der Waals surface area contributed by atoms with Crippen LogP contribution >= 0.6 is 11.8 Å². The smallest absolute Gasteiger partial charge is 0.418 e. The zero-order valence-corrected chi connectivity index (χ0v) is 20.4. The van der Waals surface area contributed by atoms with Gasteiger partial charge in [0.15, 0.2) is 9.84 Å². The molecular formula is C22H19F3N4O5S2. The number of para-hydroxylation sites is 1. The lowest BCUT2D eigenvalue weighted by atomic mass is 10.1. The summed E-state index contributed by atoms with van der Waals surface area (Å²) < 4.78 is 74.3. The van der Waals surface area contributed by atoms with E-state index in [1.54, 1.807) is 6.26 Å². The lowest BCUT2D eigenvalue weighted by Gasteiger charge is -2.10. The third-order valence-electron chi connectivity index (χ3n) is 4.45. The number of hydrogen-bond donors (Lipinski definition) is 1. The Kier molecular flexibility index (Phi) is 8.20. The molecule has 0 radical (unpaired) electrons. The molecule has 2 N–H and O–H groups in total. The van der Waals surface area contributed by atoms with E-state index in [9.17, 15) is 26.4 Å². The number of aliphatic imine (C=N–C) groups is 1. The summed E-state index contributed by atoms with van der Waals surface area (Å²) in [6.07, 6.45) is -1.04. The van der Waals surface area contributed by atoms with Gasteiger partial charge in [0.05, 0.1) is 16.1 Å². The normalized spacial score (nSPS) is 13.0. The standard InChI is InChI=1S/C22H19F3N4O5S2/c1-35-12-33-21(30)16(26)11-18(27-17-9-4-3-8-15(17)22(23,24)25)20-28-19(29-34-20)13-6-5-7-14(10-13)36(2,31)32/h3-11H,12,26H2,1-2H3. The quantitative estimate of drug-likeness (QED) is 0.195. The number of aromatic nitrogens is 2. The minimum Gasteiger partial charge on any atom is -0.450 e. The second kappa shape index (κ2) is 11.0. The molecular weight excluding hydrogens is 521 g/mol. The van der Waals surface area contributed by atoms with Crippen molar-refractivity contribution in [1.29, 1.82) is 0 Å². The van der Waals surface area contributed by atoms with E-state index in [1.165, 1.54) is 48.2 Å². The van der Waals surface area contributed by atoms with Gasteiger partial charge in [-0.2, -0.15) is 18.2 Å². The Morgan fingerprint density at radius 3 is 2.61 bits per heavy atom. The molecule has 9 nitrogen and oxygen atoms in total. The molecule has 0 aliphatic rings. The molecule has 1 aromatic heterocycles. The highest BCUT2D eigenvalue weighted by Crippen LogP contribution is 2.36. The van der Waals surface area contributed by atoms with Crippen LogP contribution in [0.4, 0.5) is 18.9 Å². The number of thioether (sulfide) groups is 1. The number of hydrogen-bond acceptors (Lipinski definition) is 10. The summed E-state index contributed by atoms with van der Waals surface area (Å²) in [7, 11) is -3.53. The van der Waals surface area contributed by atoms with Crippen LogP contribution in [-0.4, -0.2) is 48.7 Å². The maximum atomic E-state index is 13.5. The molecule has 0 atom stereocenters. The lowest BCUT2D eigenvalue weighted by Crippen LogP contribution is -2.17. The number of allylic oxidation sites excluding steroid dienone is 1. The molecule has 36 heavy (non-hydrogen) atoms. The molecule has 0 fully saturated rings. The number of carbonyl (C=O) groups excluding carboxylic acids is 1. The number of esters is 1. The Bertz CT molecular complexity index is 1430. The largest absolute Gasteiger partial charge is 0.450 e. The second-order valence-electron chi connectivity index (χ2n) is 7.17. The molecule has 1 heterocycles. The number of rotatable bonds is 8. The van der Waals surface area contributed by atoms with Gasteiger partial charge < -0.3 is 15.0 Å². The van der Waals surface area contributed by atoms with E-state index in [0.717, 1.165) is 24.5 Å². The van der Waals surface area contributed by atoms with Crippen molar-refractivity contribution in [2.75, 3.05) is 18.5 Å². The van der Waals surface area contributed by atoms with E-state index in [4.69, 9.17) is 15.0 Å². The van der Waals surface area contributed by atoms with Crippen LogP contribution in [0.15, 0.2) is 74.7 Å². The van der Waals surface area contributed by atoms with Gasteiger partial charge in [-0.3, -0.25) is 0 Å².